The van der Waals surface area contributed by atoms with Gasteiger partial charge in [-0.1, -0.05) is 13.8 Å². The van der Waals surface area contributed by atoms with Crippen LogP contribution in [-0.4, -0.2) is 33.6 Å². The zero-order valence-electron chi connectivity index (χ0n) is 8.44. The Bertz CT molecular complexity index is 275. The van der Waals surface area contributed by atoms with E-state index in [0.717, 1.165) is 3.57 Å². The number of aliphatic hydroxyl groups excluding tert-OH is 1. The van der Waals surface area contributed by atoms with Crippen molar-refractivity contribution in [3.63, 3.8) is 0 Å². The van der Waals surface area contributed by atoms with Gasteiger partial charge in [0.1, 0.15) is 0 Å². The van der Waals surface area contributed by atoms with Crippen molar-refractivity contribution in [2.75, 3.05) is 6.54 Å². The smallest absolute Gasteiger partial charge is 0.0860 e. The van der Waals surface area contributed by atoms with Crippen LogP contribution in [0.15, 0.2) is 12.4 Å². The molecule has 1 atom stereocenters. The summed E-state index contributed by atoms with van der Waals surface area (Å²) in [5.41, 5.74) is 0. The Morgan fingerprint density at radius 1 is 1.64 bits per heavy atom. The van der Waals surface area contributed by atoms with E-state index < -0.39 is 0 Å². The highest BCUT2D eigenvalue weighted by molar-refractivity contribution is 14.1. The Kier molecular flexibility index (Phi) is 4.83. The van der Waals surface area contributed by atoms with Crippen LogP contribution in [0.1, 0.15) is 13.8 Å². The van der Waals surface area contributed by atoms with Gasteiger partial charge in [0.15, 0.2) is 0 Å². The fourth-order valence-electron chi connectivity index (χ4n) is 1.09. The molecule has 5 heteroatoms. The van der Waals surface area contributed by atoms with Crippen LogP contribution >= 0.6 is 22.6 Å². The van der Waals surface area contributed by atoms with Gasteiger partial charge in [-0.05, 0) is 22.6 Å². The van der Waals surface area contributed by atoms with E-state index in [4.69, 9.17) is 0 Å². The molecule has 0 spiro atoms. The minimum Gasteiger partial charge on any atom is -0.390 e. The Morgan fingerprint density at radius 3 is 2.86 bits per heavy atom. The first-order chi connectivity index (χ1) is 6.58. The second-order valence-corrected chi connectivity index (χ2v) is 4.84. The second-order valence-electron chi connectivity index (χ2n) is 3.60. The molecular weight excluding hydrogens is 293 g/mol. The summed E-state index contributed by atoms with van der Waals surface area (Å²) in [6.07, 6.45) is 3.32. The lowest BCUT2D eigenvalue weighted by Gasteiger charge is -2.13. The van der Waals surface area contributed by atoms with Crippen LogP contribution in [0.4, 0.5) is 0 Å². The summed E-state index contributed by atoms with van der Waals surface area (Å²) in [6.45, 7) is 5.27. The zero-order chi connectivity index (χ0) is 10.6. The third-order valence-electron chi connectivity index (χ3n) is 1.76. The third kappa shape index (κ3) is 4.39. The first-order valence-corrected chi connectivity index (χ1v) is 5.75. The lowest BCUT2D eigenvalue weighted by atomic mass is 10.3. The van der Waals surface area contributed by atoms with Gasteiger partial charge in [0.25, 0.3) is 0 Å². The topological polar surface area (TPSA) is 50.1 Å². The maximum absolute atomic E-state index is 9.63. The first kappa shape index (κ1) is 11.9. The Labute approximate surface area is 97.8 Å². The van der Waals surface area contributed by atoms with Crippen molar-refractivity contribution < 1.29 is 5.11 Å². The van der Waals surface area contributed by atoms with Gasteiger partial charge in [-0.2, -0.15) is 5.10 Å². The van der Waals surface area contributed by atoms with E-state index in [9.17, 15) is 5.11 Å². The van der Waals surface area contributed by atoms with Gasteiger partial charge < -0.3 is 10.4 Å². The summed E-state index contributed by atoms with van der Waals surface area (Å²) >= 11 is 2.20. The van der Waals surface area contributed by atoms with E-state index >= 15 is 0 Å². The van der Waals surface area contributed by atoms with E-state index in [1.165, 1.54) is 0 Å². The van der Waals surface area contributed by atoms with E-state index in [1.54, 1.807) is 10.9 Å². The molecule has 0 radical (unpaired) electrons. The maximum atomic E-state index is 9.63. The number of nitrogens with zero attached hydrogens (tertiary/aromatic N) is 2. The van der Waals surface area contributed by atoms with Gasteiger partial charge in [0.05, 0.1) is 22.4 Å². The fraction of sp³-hybridized carbons (Fsp3) is 0.667. The zero-order valence-corrected chi connectivity index (χ0v) is 10.6. The summed E-state index contributed by atoms with van der Waals surface area (Å²) in [7, 11) is 0. The number of aromatic nitrogens is 2. The summed E-state index contributed by atoms with van der Waals surface area (Å²) in [4.78, 5) is 0. The van der Waals surface area contributed by atoms with Crippen molar-refractivity contribution in [3.8, 4) is 0 Å². The van der Waals surface area contributed by atoms with E-state index in [0.29, 0.717) is 19.1 Å². The molecule has 0 aliphatic rings. The van der Waals surface area contributed by atoms with E-state index in [1.807, 2.05) is 6.20 Å². The van der Waals surface area contributed by atoms with Gasteiger partial charge in [-0.25, -0.2) is 0 Å². The van der Waals surface area contributed by atoms with Crippen molar-refractivity contribution in [1.29, 1.82) is 0 Å². The van der Waals surface area contributed by atoms with Gasteiger partial charge in [0.2, 0.25) is 0 Å². The highest BCUT2D eigenvalue weighted by atomic mass is 127. The number of nitrogens with one attached hydrogen (secondary N) is 1. The molecule has 1 unspecified atom stereocenters. The minimum atomic E-state index is -0.381. The van der Waals surface area contributed by atoms with Crippen molar-refractivity contribution in [2.45, 2.75) is 32.5 Å². The molecule has 2 N–H and O–H groups in total. The van der Waals surface area contributed by atoms with Crippen LogP contribution in [-0.2, 0) is 6.54 Å². The standard InChI is InChI=1S/C9H16IN3O/c1-7(2)11-4-9(14)6-13-5-8(10)3-12-13/h3,5,7,9,11,14H,4,6H2,1-2H3. The van der Waals surface area contributed by atoms with Crippen molar-refractivity contribution in [1.82, 2.24) is 15.1 Å². The average Bonchev–Trinajstić information content (AvgIpc) is 2.48. The molecule has 0 aliphatic heterocycles. The van der Waals surface area contributed by atoms with E-state index in [-0.39, 0.29) is 6.10 Å². The average molecular weight is 309 g/mol. The van der Waals surface area contributed by atoms with Crippen LogP contribution in [0.5, 0.6) is 0 Å². The van der Waals surface area contributed by atoms with Crippen LogP contribution in [0.3, 0.4) is 0 Å². The molecule has 1 heterocycles. The normalized spacial score (nSPS) is 13.5. The highest BCUT2D eigenvalue weighted by Crippen LogP contribution is 2.01. The molecule has 0 saturated heterocycles. The number of rotatable bonds is 5. The van der Waals surface area contributed by atoms with E-state index in [2.05, 4.69) is 46.9 Å². The third-order valence-corrected chi connectivity index (χ3v) is 2.32. The number of hydrogen-bond acceptors (Lipinski definition) is 3. The summed E-state index contributed by atoms with van der Waals surface area (Å²) in [6, 6.07) is 0.405. The molecule has 0 aliphatic carbocycles. The van der Waals surface area contributed by atoms with Gasteiger partial charge in [-0.15, -0.1) is 0 Å². The largest absolute Gasteiger partial charge is 0.390 e. The summed E-state index contributed by atoms with van der Waals surface area (Å²) in [5.74, 6) is 0. The Balaban J connectivity index is 2.30. The van der Waals surface area contributed by atoms with Crippen molar-refractivity contribution in [3.05, 3.63) is 16.0 Å². The fourth-order valence-corrected chi connectivity index (χ4v) is 1.54. The molecule has 0 fully saturated rings. The maximum Gasteiger partial charge on any atom is 0.0860 e. The molecule has 0 aromatic carbocycles. The summed E-state index contributed by atoms with van der Waals surface area (Å²) in [5, 5.41) is 16.9. The predicted octanol–water partition coefficient (Wildman–Crippen LogP) is 0.847. The molecule has 1 aromatic heterocycles. The molecule has 0 saturated carbocycles. The van der Waals surface area contributed by atoms with Gasteiger partial charge in [-0.3, -0.25) is 4.68 Å². The van der Waals surface area contributed by atoms with Crippen LogP contribution in [0.2, 0.25) is 0 Å². The molecule has 14 heavy (non-hydrogen) atoms. The molecular formula is C9H16IN3O. The van der Waals surface area contributed by atoms with Gasteiger partial charge in [0, 0.05) is 18.8 Å². The highest BCUT2D eigenvalue weighted by Gasteiger charge is 2.06. The molecule has 80 valence electrons. The molecule has 4 nitrogen and oxygen atoms in total. The number of halogens is 1. The van der Waals surface area contributed by atoms with Crippen LogP contribution in [0, 0.1) is 3.57 Å². The van der Waals surface area contributed by atoms with Crippen LogP contribution in [0.25, 0.3) is 0 Å². The Morgan fingerprint density at radius 2 is 2.36 bits per heavy atom. The quantitative estimate of drug-likeness (QED) is 0.793. The SMILES string of the molecule is CC(C)NCC(O)Cn1cc(I)cn1. The number of aliphatic hydroxyl groups is 1. The summed E-state index contributed by atoms with van der Waals surface area (Å²) < 4.78 is 2.85. The molecule has 1 aromatic rings. The molecule has 0 bridgehead atoms. The molecule has 1 rings (SSSR count). The minimum absolute atomic E-state index is 0.381. The first-order valence-electron chi connectivity index (χ1n) is 4.67. The lowest BCUT2D eigenvalue weighted by molar-refractivity contribution is 0.144. The van der Waals surface area contributed by atoms with Crippen molar-refractivity contribution >= 4 is 22.6 Å². The molecule has 0 amide bonds. The van der Waals surface area contributed by atoms with Crippen LogP contribution < -0.4 is 5.32 Å². The van der Waals surface area contributed by atoms with Gasteiger partial charge >= 0.3 is 0 Å². The predicted molar refractivity (Wildman–Crippen MR) is 64.1 cm³/mol. The lowest BCUT2D eigenvalue weighted by Crippen LogP contribution is -2.34. The Hall–Kier alpha value is -0.140. The van der Waals surface area contributed by atoms with Crippen molar-refractivity contribution in [2.24, 2.45) is 0 Å². The number of hydrogen-bond donors (Lipinski definition) is 2. The monoisotopic (exact) mass is 309 g/mol. The second kappa shape index (κ2) is 5.67.